The lowest BCUT2D eigenvalue weighted by atomic mass is 9.95. The molecule has 4 heteroatoms. The van der Waals surface area contributed by atoms with Crippen LogP contribution < -0.4 is 5.32 Å². The van der Waals surface area contributed by atoms with Crippen LogP contribution in [0.1, 0.15) is 30.3 Å². The van der Waals surface area contributed by atoms with E-state index in [4.69, 9.17) is 0 Å². The molecule has 1 fully saturated rings. The molecule has 0 radical (unpaired) electrons. The van der Waals surface area contributed by atoms with Crippen LogP contribution in [0.25, 0.3) is 0 Å². The van der Waals surface area contributed by atoms with Gasteiger partial charge in [-0.1, -0.05) is 30.3 Å². The average Bonchev–Trinajstić information content (AvgIpc) is 2.84. The predicted molar refractivity (Wildman–Crippen MR) is 93.7 cm³/mol. The number of halogens is 1. The van der Waals surface area contributed by atoms with Gasteiger partial charge in [0.05, 0.1) is 0 Å². The Morgan fingerprint density at radius 3 is 2.76 bits per heavy atom. The van der Waals surface area contributed by atoms with Gasteiger partial charge in [-0.3, -0.25) is 4.90 Å². The van der Waals surface area contributed by atoms with Gasteiger partial charge in [0.25, 0.3) is 0 Å². The second kappa shape index (κ2) is 6.21. The maximum Gasteiger partial charge on any atom is 0.0477 e. The zero-order chi connectivity index (χ0) is 14.9. The van der Waals surface area contributed by atoms with Crippen LogP contribution in [0.2, 0.25) is 0 Å². The molecule has 0 saturated carbocycles. The van der Waals surface area contributed by atoms with E-state index in [9.17, 15) is 0 Å². The van der Waals surface area contributed by atoms with Crippen molar-refractivity contribution in [3.63, 3.8) is 0 Å². The van der Waals surface area contributed by atoms with Crippen LogP contribution in [-0.2, 0) is 6.54 Å². The molecule has 2 heterocycles. The summed E-state index contributed by atoms with van der Waals surface area (Å²) in [5, 5.41) is 5.85. The molecule has 1 unspecified atom stereocenters. The van der Waals surface area contributed by atoms with Crippen LogP contribution in [0.3, 0.4) is 0 Å². The van der Waals surface area contributed by atoms with Gasteiger partial charge in [0.1, 0.15) is 0 Å². The smallest absolute Gasteiger partial charge is 0.0477 e. The third-order valence-electron chi connectivity index (χ3n) is 3.98. The number of rotatable bonds is 3. The Morgan fingerprint density at radius 1 is 1.33 bits per heavy atom. The van der Waals surface area contributed by atoms with Gasteiger partial charge in [0.15, 0.2) is 0 Å². The molecular weight excluding hydrogens is 344 g/mol. The number of nitrogens with one attached hydrogen (secondary N) is 1. The number of hydrogen-bond acceptors (Lipinski definition) is 3. The summed E-state index contributed by atoms with van der Waals surface area (Å²) in [6, 6.07) is 13.5. The highest BCUT2D eigenvalue weighted by Gasteiger charge is 2.33. The van der Waals surface area contributed by atoms with Gasteiger partial charge in [-0.25, -0.2) is 0 Å². The molecule has 0 amide bonds. The fraction of sp³-hybridized carbons (Fsp3) is 0.412. The molecule has 1 atom stereocenters. The fourth-order valence-corrected chi connectivity index (χ4v) is 4.46. The predicted octanol–water partition coefficient (Wildman–Crippen LogP) is 4.44. The zero-order valence-electron chi connectivity index (χ0n) is 12.5. The van der Waals surface area contributed by atoms with Gasteiger partial charge in [-0.15, -0.1) is 11.3 Å². The van der Waals surface area contributed by atoms with E-state index in [0.29, 0.717) is 6.04 Å². The average molecular weight is 365 g/mol. The second-order valence-corrected chi connectivity index (χ2v) is 8.24. The standard InChI is InChI=1S/C17H21BrN2S/c1-17(2)12-20(10-15-8-14(18)11-21-15)16(9-19-17)13-6-4-3-5-7-13/h3-8,11,16,19H,9-10,12H2,1-2H3. The summed E-state index contributed by atoms with van der Waals surface area (Å²) in [4.78, 5) is 4.02. The third-order valence-corrected chi connectivity index (χ3v) is 5.66. The van der Waals surface area contributed by atoms with E-state index in [-0.39, 0.29) is 5.54 Å². The topological polar surface area (TPSA) is 15.3 Å². The summed E-state index contributed by atoms with van der Waals surface area (Å²) in [5.41, 5.74) is 1.57. The maximum absolute atomic E-state index is 3.68. The van der Waals surface area contributed by atoms with Crippen LogP contribution >= 0.6 is 27.3 Å². The molecule has 0 aliphatic carbocycles. The van der Waals surface area contributed by atoms with Crippen molar-refractivity contribution in [2.24, 2.45) is 0 Å². The molecule has 1 saturated heterocycles. The van der Waals surface area contributed by atoms with Crippen molar-refractivity contribution in [2.75, 3.05) is 13.1 Å². The maximum atomic E-state index is 3.68. The van der Waals surface area contributed by atoms with Gasteiger partial charge in [-0.2, -0.15) is 0 Å². The lowest BCUT2D eigenvalue weighted by molar-refractivity contribution is 0.0890. The van der Waals surface area contributed by atoms with E-state index in [1.165, 1.54) is 14.9 Å². The van der Waals surface area contributed by atoms with Crippen LogP contribution in [0, 0.1) is 0 Å². The number of hydrogen-bond donors (Lipinski definition) is 1. The largest absolute Gasteiger partial charge is 0.309 e. The van der Waals surface area contributed by atoms with Crippen LogP contribution in [0.4, 0.5) is 0 Å². The summed E-state index contributed by atoms with van der Waals surface area (Å²) in [7, 11) is 0. The molecule has 3 rings (SSSR count). The fourth-order valence-electron chi connectivity index (χ4n) is 2.98. The second-order valence-electron chi connectivity index (χ2n) is 6.33. The highest BCUT2D eigenvalue weighted by atomic mass is 79.9. The van der Waals surface area contributed by atoms with Crippen LogP contribution in [0.15, 0.2) is 46.3 Å². The Bertz CT molecular complexity index is 594. The summed E-state index contributed by atoms with van der Waals surface area (Å²) in [6.45, 7) is 7.64. The van der Waals surface area contributed by atoms with Crippen molar-refractivity contribution >= 4 is 27.3 Å². The summed E-state index contributed by atoms with van der Waals surface area (Å²) < 4.78 is 1.19. The number of benzene rings is 1. The summed E-state index contributed by atoms with van der Waals surface area (Å²) >= 11 is 5.39. The third kappa shape index (κ3) is 3.75. The summed E-state index contributed by atoms with van der Waals surface area (Å²) in [6.07, 6.45) is 0. The van der Waals surface area contributed by atoms with Gasteiger partial charge in [-0.05, 0) is 41.4 Å². The molecule has 0 bridgehead atoms. The molecule has 0 spiro atoms. The van der Waals surface area contributed by atoms with Crippen molar-refractivity contribution in [3.8, 4) is 0 Å². The highest BCUT2D eigenvalue weighted by molar-refractivity contribution is 9.10. The van der Waals surface area contributed by atoms with Gasteiger partial charge < -0.3 is 5.32 Å². The van der Waals surface area contributed by atoms with E-state index < -0.39 is 0 Å². The minimum Gasteiger partial charge on any atom is -0.309 e. The zero-order valence-corrected chi connectivity index (χ0v) is 14.9. The number of piperazine rings is 1. The van der Waals surface area contributed by atoms with Gasteiger partial charge in [0, 0.05) is 45.9 Å². The Hall–Kier alpha value is -0.680. The molecule has 21 heavy (non-hydrogen) atoms. The van der Waals surface area contributed by atoms with E-state index in [0.717, 1.165) is 19.6 Å². The van der Waals surface area contributed by atoms with Crippen LogP contribution in [0.5, 0.6) is 0 Å². The van der Waals surface area contributed by atoms with Crippen molar-refractivity contribution in [1.29, 1.82) is 0 Å². The Labute approximate surface area is 139 Å². The molecule has 1 aromatic heterocycles. The minimum atomic E-state index is 0.166. The molecule has 1 aromatic carbocycles. The SMILES string of the molecule is CC1(C)CN(Cc2cc(Br)cs2)C(c2ccccc2)CN1. The van der Waals surface area contributed by atoms with E-state index in [2.05, 4.69) is 81.8 Å². The highest BCUT2D eigenvalue weighted by Crippen LogP contribution is 2.30. The molecular formula is C17H21BrN2S. The van der Waals surface area contributed by atoms with Gasteiger partial charge >= 0.3 is 0 Å². The normalized spacial score (nSPS) is 22.3. The molecule has 2 nitrogen and oxygen atoms in total. The monoisotopic (exact) mass is 364 g/mol. The molecule has 1 N–H and O–H groups in total. The molecule has 1 aliphatic rings. The first-order valence-corrected chi connectivity index (χ1v) is 8.98. The van der Waals surface area contributed by atoms with E-state index >= 15 is 0 Å². The van der Waals surface area contributed by atoms with Crippen molar-refractivity contribution in [2.45, 2.75) is 32.0 Å². The molecule has 112 valence electrons. The Balaban J connectivity index is 1.83. The van der Waals surface area contributed by atoms with Crippen LogP contribution in [-0.4, -0.2) is 23.5 Å². The number of nitrogens with zero attached hydrogens (tertiary/aromatic N) is 1. The van der Waals surface area contributed by atoms with Crippen molar-refractivity contribution in [1.82, 2.24) is 10.2 Å². The Kier molecular flexibility index (Phi) is 4.50. The van der Waals surface area contributed by atoms with Crippen molar-refractivity contribution < 1.29 is 0 Å². The molecule has 2 aromatic rings. The summed E-state index contributed by atoms with van der Waals surface area (Å²) in [5.74, 6) is 0. The minimum absolute atomic E-state index is 0.166. The van der Waals surface area contributed by atoms with Crippen molar-refractivity contribution in [3.05, 3.63) is 56.7 Å². The number of thiophene rings is 1. The lowest BCUT2D eigenvalue weighted by Crippen LogP contribution is -2.57. The first kappa shape index (κ1) is 15.2. The first-order chi connectivity index (χ1) is 10.0. The van der Waals surface area contributed by atoms with E-state index in [1.54, 1.807) is 0 Å². The molecule has 1 aliphatic heterocycles. The quantitative estimate of drug-likeness (QED) is 0.865. The van der Waals surface area contributed by atoms with E-state index in [1.807, 2.05) is 11.3 Å². The Morgan fingerprint density at radius 2 is 2.10 bits per heavy atom. The first-order valence-electron chi connectivity index (χ1n) is 7.30. The lowest BCUT2D eigenvalue weighted by Gasteiger charge is -2.44. The van der Waals surface area contributed by atoms with Gasteiger partial charge in [0.2, 0.25) is 0 Å².